The van der Waals surface area contributed by atoms with Crippen LogP contribution in [0.2, 0.25) is 0 Å². The summed E-state index contributed by atoms with van der Waals surface area (Å²) in [5, 5.41) is 2.10. The van der Waals surface area contributed by atoms with Gasteiger partial charge in [0.2, 0.25) is 0 Å². The molecule has 1 amide bonds. The van der Waals surface area contributed by atoms with Crippen LogP contribution in [0, 0.1) is 0 Å². The van der Waals surface area contributed by atoms with E-state index in [1.807, 2.05) is 36.2 Å². The van der Waals surface area contributed by atoms with E-state index in [0.717, 1.165) is 59.4 Å². The fourth-order valence-electron chi connectivity index (χ4n) is 4.27. The van der Waals surface area contributed by atoms with Crippen LogP contribution in [0.15, 0.2) is 42.7 Å². The van der Waals surface area contributed by atoms with Gasteiger partial charge in [0.05, 0.1) is 12.6 Å². The number of hydrogen-bond donors (Lipinski definition) is 1. The summed E-state index contributed by atoms with van der Waals surface area (Å²) in [6.45, 7) is 3.23. The van der Waals surface area contributed by atoms with Crippen molar-refractivity contribution in [2.45, 2.75) is 0 Å². The number of fused-ring (bicyclic) bond motifs is 2. The van der Waals surface area contributed by atoms with Gasteiger partial charge in [0.1, 0.15) is 5.65 Å². The number of aromatic amines is 1. The molecule has 5 rings (SSSR count). The monoisotopic (exact) mass is 433 g/mol. The van der Waals surface area contributed by atoms with Crippen LogP contribution >= 0.6 is 0 Å². The van der Waals surface area contributed by atoms with E-state index in [1.54, 1.807) is 13.3 Å². The van der Waals surface area contributed by atoms with Crippen molar-refractivity contribution in [1.29, 1.82) is 0 Å². The number of pyridine rings is 1. The maximum absolute atomic E-state index is 12.6. The number of benzene rings is 1. The molecule has 0 unspecified atom stereocenters. The number of rotatable bonds is 5. The van der Waals surface area contributed by atoms with Crippen LogP contribution in [-0.4, -0.2) is 77.2 Å². The van der Waals surface area contributed by atoms with Crippen molar-refractivity contribution < 1.29 is 14.3 Å². The molecule has 32 heavy (non-hydrogen) atoms. The second-order valence-corrected chi connectivity index (χ2v) is 8.27. The van der Waals surface area contributed by atoms with E-state index in [2.05, 4.69) is 38.7 Å². The highest BCUT2D eigenvalue weighted by molar-refractivity contribution is 5.99. The molecule has 1 fully saturated rings. The minimum absolute atomic E-state index is 0.00149. The number of piperazine rings is 1. The van der Waals surface area contributed by atoms with E-state index < -0.39 is 0 Å². The van der Waals surface area contributed by atoms with Crippen molar-refractivity contribution in [2.75, 3.05) is 46.9 Å². The van der Waals surface area contributed by atoms with Crippen molar-refractivity contribution in [3.8, 4) is 22.8 Å². The van der Waals surface area contributed by atoms with Crippen LogP contribution in [0.1, 0.15) is 0 Å². The molecule has 166 valence electrons. The molecule has 8 nitrogen and oxygen atoms in total. The summed E-state index contributed by atoms with van der Waals surface area (Å²) in [6.07, 6.45) is 3.86. The van der Waals surface area contributed by atoms with Gasteiger partial charge in [-0.2, -0.15) is 0 Å². The number of hydrogen-bond acceptors (Lipinski definition) is 5. The first-order valence-corrected chi connectivity index (χ1v) is 10.7. The zero-order chi connectivity index (χ0) is 22.2. The van der Waals surface area contributed by atoms with Crippen LogP contribution in [0.5, 0.6) is 11.5 Å². The Kier molecular flexibility index (Phi) is 5.22. The topological polar surface area (TPSA) is 75.6 Å². The molecule has 4 heterocycles. The van der Waals surface area contributed by atoms with E-state index in [4.69, 9.17) is 9.47 Å². The summed E-state index contributed by atoms with van der Waals surface area (Å²) in [5.41, 5.74) is 3.90. The number of carbonyl (C=O) groups is 1. The average molecular weight is 434 g/mol. The van der Waals surface area contributed by atoms with E-state index in [1.165, 1.54) is 0 Å². The van der Waals surface area contributed by atoms with Crippen LogP contribution in [0.3, 0.4) is 0 Å². The van der Waals surface area contributed by atoms with Gasteiger partial charge in [-0.1, -0.05) is 0 Å². The number of nitrogens with zero attached hydrogens (tertiary/aromatic N) is 4. The molecule has 3 aromatic heterocycles. The molecule has 1 saturated heterocycles. The van der Waals surface area contributed by atoms with E-state index >= 15 is 0 Å². The Morgan fingerprint density at radius 3 is 2.69 bits per heavy atom. The van der Waals surface area contributed by atoms with Gasteiger partial charge in [0.15, 0.2) is 18.1 Å². The number of aryl methyl sites for hydroxylation is 1. The molecule has 0 atom stereocenters. The summed E-state index contributed by atoms with van der Waals surface area (Å²) < 4.78 is 13.6. The van der Waals surface area contributed by atoms with Gasteiger partial charge in [-0.15, -0.1) is 0 Å². The Hall–Kier alpha value is -3.52. The van der Waals surface area contributed by atoms with Crippen molar-refractivity contribution in [3.63, 3.8) is 0 Å². The molecule has 0 spiro atoms. The Balaban J connectivity index is 1.44. The summed E-state index contributed by atoms with van der Waals surface area (Å²) in [5.74, 6) is 1.16. The molecular weight excluding hydrogens is 406 g/mol. The Morgan fingerprint density at radius 2 is 1.94 bits per heavy atom. The fourth-order valence-corrected chi connectivity index (χ4v) is 4.27. The fraction of sp³-hybridized carbons (Fsp3) is 0.333. The maximum atomic E-state index is 12.6. The van der Waals surface area contributed by atoms with Crippen molar-refractivity contribution in [3.05, 3.63) is 42.7 Å². The van der Waals surface area contributed by atoms with Gasteiger partial charge in [0.25, 0.3) is 5.91 Å². The standard InChI is InChI=1S/C24H27N5O3/c1-27-7-9-29(10-8-27)23(30)15-32-22-13-20-17(12-21(22)31-3)18(14-28(20)2)19-11-16-5-4-6-25-24(16)26-19/h4-6,11-14H,7-10,15H2,1-3H3,(H,25,26). The molecule has 0 radical (unpaired) electrons. The van der Waals surface area contributed by atoms with Crippen LogP contribution < -0.4 is 9.47 Å². The van der Waals surface area contributed by atoms with Crippen LogP contribution in [-0.2, 0) is 11.8 Å². The average Bonchev–Trinajstić information content (AvgIpc) is 3.38. The Morgan fingerprint density at radius 1 is 1.12 bits per heavy atom. The molecule has 1 aliphatic heterocycles. The zero-order valence-corrected chi connectivity index (χ0v) is 18.6. The SMILES string of the molecule is COc1cc2c(-c3cc4cccnc4[nH]3)cn(C)c2cc1OCC(=O)N1CCN(C)CC1. The minimum atomic E-state index is -0.00342. The predicted molar refractivity (Wildman–Crippen MR) is 124 cm³/mol. The quantitative estimate of drug-likeness (QED) is 0.524. The highest BCUT2D eigenvalue weighted by Crippen LogP contribution is 2.38. The van der Waals surface area contributed by atoms with Gasteiger partial charge in [-0.25, -0.2) is 4.98 Å². The summed E-state index contributed by atoms with van der Waals surface area (Å²) >= 11 is 0. The molecule has 0 aliphatic carbocycles. The third-order valence-corrected chi connectivity index (χ3v) is 6.16. The number of H-pyrrole nitrogens is 1. The molecule has 1 aliphatic rings. The normalized spacial score (nSPS) is 14.9. The lowest BCUT2D eigenvalue weighted by molar-refractivity contribution is -0.134. The van der Waals surface area contributed by atoms with Crippen molar-refractivity contribution in [2.24, 2.45) is 7.05 Å². The number of ether oxygens (including phenoxy) is 2. The summed E-state index contributed by atoms with van der Waals surface area (Å²) in [7, 11) is 5.68. The lowest BCUT2D eigenvalue weighted by atomic mass is 10.1. The van der Waals surface area contributed by atoms with Crippen molar-refractivity contribution in [1.82, 2.24) is 24.3 Å². The van der Waals surface area contributed by atoms with Gasteiger partial charge >= 0.3 is 0 Å². The largest absolute Gasteiger partial charge is 0.493 e. The summed E-state index contributed by atoms with van der Waals surface area (Å²) in [4.78, 5) is 24.5. The van der Waals surface area contributed by atoms with Gasteiger partial charge in [0, 0.05) is 73.7 Å². The molecule has 0 saturated carbocycles. The van der Waals surface area contributed by atoms with Gasteiger partial charge in [-0.05, 0) is 31.3 Å². The van der Waals surface area contributed by atoms with Gasteiger partial charge < -0.3 is 28.8 Å². The highest BCUT2D eigenvalue weighted by Gasteiger charge is 2.21. The first-order chi connectivity index (χ1) is 15.5. The second-order valence-electron chi connectivity index (χ2n) is 8.27. The number of aromatic nitrogens is 3. The predicted octanol–water partition coefficient (Wildman–Crippen LogP) is 2.88. The highest BCUT2D eigenvalue weighted by atomic mass is 16.5. The maximum Gasteiger partial charge on any atom is 0.260 e. The second kappa shape index (κ2) is 8.20. The number of amides is 1. The molecule has 4 aromatic rings. The molecule has 0 bridgehead atoms. The molecular formula is C24H27N5O3. The third-order valence-electron chi connectivity index (χ3n) is 6.16. The van der Waals surface area contributed by atoms with Gasteiger partial charge in [-0.3, -0.25) is 4.79 Å². The van der Waals surface area contributed by atoms with E-state index in [9.17, 15) is 4.79 Å². The number of likely N-dealkylation sites (N-methyl/N-ethyl adjacent to an activating group) is 1. The van der Waals surface area contributed by atoms with Crippen LogP contribution in [0.4, 0.5) is 0 Å². The molecule has 1 N–H and O–H groups in total. The minimum Gasteiger partial charge on any atom is -0.493 e. The number of methoxy groups -OCH3 is 1. The molecule has 1 aromatic carbocycles. The Labute approximate surface area is 186 Å². The zero-order valence-electron chi connectivity index (χ0n) is 18.6. The molecule has 8 heteroatoms. The number of nitrogens with one attached hydrogen (secondary N) is 1. The van der Waals surface area contributed by atoms with Crippen LogP contribution in [0.25, 0.3) is 33.2 Å². The first-order valence-electron chi connectivity index (χ1n) is 10.7. The summed E-state index contributed by atoms with van der Waals surface area (Å²) in [6, 6.07) is 9.98. The van der Waals surface area contributed by atoms with E-state index in [0.29, 0.717) is 11.5 Å². The van der Waals surface area contributed by atoms with E-state index in [-0.39, 0.29) is 12.5 Å². The smallest absolute Gasteiger partial charge is 0.260 e. The third kappa shape index (κ3) is 3.67. The Bertz CT molecular complexity index is 1250. The number of carbonyl (C=O) groups excluding carboxylic acids is 1. The van der Waals surface area contributed by atoms with Crippen molar-refractivity contribution >= 4 is 27.8 Å². The lowest BCUT2D eigenvalue weighted by Gasteiger charge is -2.32. The first kappa shape index (κ1) is 20.4. The lowest BCUT2D eigenvalue weighted by Crippen LogP contribution is -2.48.